The molecule has 2 aromatic heterocycles. The van der Waals surface area contributed by atoms with Crippen LogP contribution in [-0.2, 0) is 49.7 Å². The number of rotatable bonds is 14. The SMILES string of the molecule is O=c1ccn([C@H]2O[C@H](COP(=O)(O)OP(=O)(O)OP(=O)(O)OP(=O)(O)OC[C@H]3O[C@H](n4ccc(=O)[nH]c4=O)[C@H](O)[C@@H]3O)[C@@H](O)[C@H]2O)c(=O)[nH]1. The van der Waals surface area contributed by atoms with Gasteiger partial charge in [-0.15, -0.1) is 0 Å². The minimum absolute atomic E-state index is 0.642. The quantitative estimate of drug-likeness (QED) is 0.0811. The molecule has 4 rings (SSSR count). The van der Waals surface area contributed by atoms with Crippen molar-refractivity contribution in [2.75, 3.05) is 13.2 Å². The summed E-state index contributed by atoms with van der Waals surface area (Å²) in [4.78, 5) is 89.1. The molecule has 0 radical (unpaired) electrons. The Morgan fingerprint density at radius 1 is 0.592 bits per heavy atom. The summed E-state index contributed by atoms with van der Waals surface area (Å²) in [7, 11) is -24.1. The second-order valence-corrected chi connectivity index (χ2v) is 16.1. The highest BCUT2D eigenvalue weighted by molar-refractivity contribution is 7.69. The summed E-state index contributed by atoms with van der Waals surface area (Å²) in [6, 6.07) is 1.73. The van der Waals surface area contributed by atoms with Gasteiger partial charge in [0.2, 0.25) is 0 Å². The predicted molar refractivity (Wildman–Crippen MR) is 149 cm³/mol. The fourth-order valence-corrected chi connectivity index (χ4v) is 9.20. The average Bonchev–Trinajstić information content (AvgIpc) is 3.38. The molecule has 0 amide bonds. The lowest BCUT2D eigenvalue weighted by atomic mass is 10.1. The van der Waals surface area contributed by atoms with E-state index in [0.29, 0.717) is 9.13 Å². The van der Waals surface area contributed by atoms with Gasteiger partial charge in [-0.05, 0) is 0 Å². The Hall–Kier alpha value is -2.32. The zero-order valence-electron chi connectivity index (χ0n) is 23.7. The Kier molecular flexibility index (Phi) is 11.9. The van der Waals surface area contributed by atoms with Gasteiger partial charge in [-0.2, -0.15) is 12.9 Å². The third-order valence-electron chi connectivity index (χ3n) is 6.35. The van der Waals surface area contributed by atoms with Gasteiger partial charge in [0.05, 0.1) is 13.2 Å². The molecule has 10 N–H and O–H groups in total. The van der Waals surface area contributed by atoms with Crippen LogP contribution in [0.1, 0.15) is 12.5 Å². The van der Waals surface area contributed by atoms with Crippen molar-refractivity contribution in [2.24, 2.45) is 0 Å². The lowest BCUT2D eigenvalue weighted by molar-refractivity contribution is -0.0544. The fraction of sp³-hybridized carbons (Fsp3) is 0.556. The number of aliphatic hydroxyl groups is 4. The summed E-state index contributed by atoms with van der Waals surface area (Å²) in [6.45, 7) is -2.43. The largest absolute Gasteiger partial charge is 0.490 e. The van der Waals surface area contributed by atoms with E-state index in [1.807, 2.05) is 9.97 Å². The minimum atomic E-state index is -6.24. The van der Waals surface area contributed by atoms with Crippen LogP contribution >= 0.6 is 31.3 Å². The zero-order chi connectivity index (χ0) is 36.7. The summed E-state index contributed by atoms with van der Waals surface area (Å²) in [6.07, 6.45) is -12.6. The van der Waals surface area contributed by atoms with E-state index in [2.05, 4.69) is 22.0 Å². The monoisotopic (exact) mass is 790 g/mol. The molecule has 49 heavy (non-hydrogen) atoms. The molecule has 276 valence electrons. The molecule has 2 aliphatic rings. The van der Waals surface area contributed by atoms with E-state index in [-0.39, 0.29) is 0 Å². The van der Waals surface area contributed by atoms with Gasteiger partial charge in [-0.1, -0.05) is 0 Å². The molecule has 0 spiro atoms. The number of nitrogens with zero attached hydrogens (tertiary/aromatic N) is 2. The molecule has 4 heterocycles. The Labute approximate surface area is 268 Å². The standard InChI is InChI=1S/C18H26N4O23P4/c23-9-1-3-21(17(29)19-9)15-13(27)11(25)7(41-15)5-39-46(31,32)43-48(35,36)45-49(37,38)44-47(33,34)40-6-8-12(26)14(28)16(42-8)22-4-2-10(24)20-18(22)30/h1-4,7-8,11-16,25-28H,5-6H2,(H,31,32)(H,33,34)(H,35,36)(H,37,38)(H,19,23,29)(H,20,24,30)/t7-,8-,11-,12-,13-,14-,15+,16+/m1/s1. The number of aromatic amines is 2. The fourth-order valence-electron chi connectivity index (χ4n) is 4.25. The number of H-pyrrole nitrogens is 2. The highest BCUT2D eigenvalue weighted by Crippen LogP contribution is 2.71. The Balaban J connectivity index is 1.31. The molecule has 0 saturated carbocycles. The van der Waals surface area contributed by atoms with Crippen LogP contribution in [0.3, 0.4) is 0 Å². The molecule has 2 saturated heterocycles. The zero-order valence-corrected chi connectivity index (χ0v) is 27.3. The smallest absolute Gasteiger partial charge is 0.387 e. The van der Waals surface area contributed by atoms with Crippen molar-refractivity contribution < 1.29 is 89.7 Å². The van der Waals surface area contributed by atoms with Gasteiger partial charge < -0.3 is 49.5 Å². The second kappa shape index (κ2) is 14.7. The van der Waals surface area contributed by atoms with Crippen molar-refractivity contribution >= 4 is 31.3 Å². The number of nitrogens with one attached hydrogen (secondary N) is 2. The Bertz CT molecular complexity index is 1820. The topological polar surface area (TPSA) is 404 Å². The maximum atomic E-state index is 12.2. The molecular formula is C18H26N4O23P4. The molecule has 0 bridgehead atoms. The molecule has 31 heteroatoms. The first kappa shape index (κ1) is 39.5. The van der Waals surface area contributed by atoms with Gasteiger partial charge in [0.15, 0.2) is 12.5 Å². The van der Waals surface area contributed by atoms with Crippen molar-refractivity contribution in [1.29, 1.82) is 0 Å². The van der Waals surface area contributed by atoms with E-state index in [9.17, 15) is 77.4 Å². The number of hydrogen-bond donors (Lipinski definition) is 10. The van der Waals surface area contributed by atoms with Crippen molar-refractivity contribution in [3.63, 3.8) is 0 Å². The number of phosphoric ester groups is 2. The summed E-state index contributed by atoms with van der Waals surface area (Å²) >= 11 is 0. The molecule has 0 aliphatic carbocycles. The summed E-state index contributed by atoms with van der Waals surface area (Å²) in [5, 5.41) is 40.7. The van der Waals surface area contributed by atoms with E-state index in [4.69, 9.17) is 9.47 Å². The number of aliphatic hydroxyl groups excluding tert-OH is 4. The molecule has 12 atom stereocenters. The van der Waals surface area contributed by atoms with E-state index >= 15 is 0 Å². The number of hydrogen-bond acceptors (Lipinski definition) is 19. The lowest BCUT2D eigenvalue weighted by Gasteiger charge is -2.21. The van der Waals surface area contributed by atoms with Gasteiger partial charge in [-0.3, -0.25) is 37.7 Å². The molecule has 0 aromatic carbocycles. The molecular weight excluding hydrogens is 764 g/mol. The third kappa shape index (κ3) is 9.93. The number of aromatic nitrogens is 4. The van der Waals surface area contributed by atoms with Crippen LogP contribution in [0.15, 0.2) is 43.7 Å². The third-order valence-corrected chi connectivity index (χ3v) is 12.3. The van der Waals surface area contributed by atoms with Crippen LogP contribution in [0, 0.1) is 0 Å². The van der Waals surface area contributed by atoms with Crippen LogP contribution in [0.2, 0.25) is 0 Å². The van der Waals surface area contributed by atoms with E-state index in [1.54, 1.807) is 0 Å². The summed E-state index contributed by atoms with van der Waals surface area (Å²) in [5.41, 5.74) is -3.78. The number of phosphoric acid groups is 4. The van der Waals surface area contributed by atoms with E-state index < -0.39 is 116 Å². The normalized spacial score (nSPS) is 32.2. The van der Waals surface area contributed by atoms with Crippen LogP contribution in [-0.4, -0.2) is 109 Å². The van der Waals surface area contributed by atoms with Crippen molar-refractivity contribution in [3.05, 3.63) is 66.2 Å². The Morgan fingerprint density at radius 2 is 0.918 bits per heavy atom. The lowest BCUT2D eigenvalue weighted by Crippen LogP contribution is -2.37. The highest BCUT2D eigenvalue weighted by atomic mass is 31.3. The van der Waals surface area contributed by atoms with Crippen LogP contribution in [0.4, 0.5) is 0 Å². The van der Waals surface area contributed by atoms with Crippen molar-refractivity contribution in [3.8, 4) is 0 Å². The van der Waals surface area contributed by atoms with E-state index in [1.165, 1.54) is 0 Å². The average molecular weight is 790 g/mol. The maximum Gasteiger partial charge on any atom is 0.490 e. The predicted octanol–water partition coefficient (Wildman–Crippen LogP) is -4.19. The molecule has 2 aliphatic heterocycles. The second-order valence-electron chi connectivity index (χ2n) is 9.84. The van der Waals surface area contributed by atoms with E-state index in [0.717, 1.165) is 24.5 Å². The van der Waals surface area contributed by atoms with Gasteiger partial charge in [-0.25, -0.2) is 27.8 Å². The summed E-state index contributed by atoms with van der Waals surface area (Å²) < 4.78 is 80.5. The minimum Gasteiger partial charge on any atom is -0.387 e. The molecule has 4 unspecified atom stereocenters. The van der Waals surface area contributed by atoms with Crippen LogP contribution in [0.5, 0.6) is 0 Å². The van der Waals surface area contributed by atoms with Crippen molar-refractivity contribution in [2.45, 2.75) is 49.1 Å². The van der Waals surface area contributed by atoms with Crippen molar-refractivity contribution in [1.82, 2.24) is 19.1 Å². The van der Waals surface area contributed by atoms with Gasteiger partial charge >= 0.3 is 42.7 Å². The molecule has 2 aromatic rings. The van der Waals surface area contributed by atoms with Gasteiger partial charge in [0.25, 0.3) is 11.1 Å². The van der Waals surface area contributed by atoms with Crippen LogP contribution < -0.4 is 22.5 Å². The molecule has 2 fully saturated rings. The first-order chi connectivity index (χ1) is 22.5. The number of ether oxygens (including phenoxy) is 2. The van der Waals surface area contributed by atoms with Crippen LogP contribution in [0.25, 0.3) is 0 Å². The first-order valence-electron chi connectivity index (χ1n) is 12.9. The van der Waals surface area contributed by atoms with Gasteiger partial charge in [0.1, 0.15) is 36.6 Å². The highest BCUT2D eigenvalue weighted by Gasteiger charge is 2.49. The molecule has 27 nitrogen and oxygen atoms in total. The first-order valence-corrected chi connectivity index (χ1v) is 18.9. The summed E-state index contributed by atoms with van der Waals surface area (Å²) in [5.74, 6) is 0. The van der Waals surface area contributed by atoms with Gasteiger partial charge in [0, 0.05) is 24.5 Å². The Morgan fingerprint density at radius 3 is 1.24 bits per heavy atom. The maximum absolute atomic E-state index is 12.2.